The maximum absolute atomic E-state index is 11.8. The third-order valence-corrected chi connectivity index (χ3v) is 2.77. The molecule has 1 fully saturated rings. The summed E-state index contributed by atoms with van der Waals surface area (Å²) in [5.41, 5.74) is 1.99. The summed E-state index contributed by atoms with van der Waals surface area (Å²) >= 11 is 0. The Morgan fingerprint density at radius 2 is 1.88 bits per heavy atom. The van der Waals surface area contributed by atoms with Gasteiger partial charge in [0, 0.05) is 6.42 Å². The topological polar surface area (TPSA) is 46.6 Å². The molecule has 1 aromatic rings. The van der Waals surface area contributed by atoms with Crippen molar-refractivity contribution in [1.82, 2.24) is 5.06 Å². The van der Waals surface area contributed by atoms with Crippen molar-refractivity contribution in [3.05, 3.63) is 35.4 Å². The highest BCUT2D eigenvalue weighted by Gasteiger charge is 2.40. The van der Waals surface area contributed by atoms with Crippen molar-refractivity contribution in [2.75, 3.05) is 7.11 Å². The van der Waals surface area contributed by atoms with Crippen molar-refractivity contribution in [3.8, 4) is 0 Å². The van der Waals surface area contributed by atoms with Gasteiger partial charge < -0.3 is 0 Å². The average molecular weight is 219 g/mol. The van der Waals surface area contributed by atoms with Gasteiger partial charge in [-0.05, 0) is 12.5 Å². The number of aryl methyl sites for hydroxylation is 1. The van der Waals surface area contributed by atoms with Crippen molar-refractivity contribution in [1.29, 1.82) is 0 Å². The smallest absolute Gasteiger partial charge is 0.261 e. The van der Waals surface area contributed by atoms with E-state index in [1.165, 1.54) is 7.11 Å². The molecule has 0 N–H and O–H groups in total. The van der Waals surface area contributed by atoms with Gasteiger partial charge >= 0.3 is 0 Å². The maximum atomic E-state index is 11.8. The van der Waals surface area contributed by atoms with Crippen LogP contribution in [0.15, 0.2) is 24.3 Å². The summed E-state index contributed by atoms with van der Waals surface area (Å²) in [7, 11) is 1.33. The van der Waals surface area contributed by atoms with Gasteiger partial charge in [-0.1, -0.05) is 29.8 Å². The molecule has 0 aromatic heterocycles. The highest BCUT2D eigenvalue weighted by Crippen LogP contribution is 2.29. The first-order valence-corrected chi connectivity index (χ1v) is 5.11. The van der Waals surface area contributed by atoms with E-state index in [-0.39, 0.29) is 18.2 Å². The SMILES string of the molecule is CON1C(=O)CC(c2ccc(C)cc2)C1=O. The fourth-order valence-corrected chi connectivity index (χ4v) is 1.86. The van der Waals surface area contributed by atoms with Gasteiger partial charge in [0.05, 0.1) is 13.0 Å². The zero-order valence-electron chi connectivity index (χ0n) is 9.27. The van der Waals surface area contributed by atoms with Gasteiger partial charge in [-0.3, -0.25) is 14.4 Å². The van der Waals surface area contributed by atoms with E-state index in [1.807, 2.05) is 31.2 Å². The Hall–Kier alpha value is -1.68. The van der Waals surface area contributed by atoms with E-state index in [4.69, 9.17) is 4.84 Å². The predicted octanol–water partition coefficient (Wildman–Crippen LogP) is 1.40. The number of rotatable bonds is 2. The van der Waals surface area contributed by atoms with Crippen LogP contribution in [0.5, 0.6) is 0 Å². The van der Waals surface area contributed by atoms with E-state index < -0.39 is 5.92 Å². The number of hydrogen-bond acceptors (Lipinski definition) is 3. The van der Waals surface area contributed by atoms with Gasteiger partial charge in [0.25, 0.3) is 11.8 Å². The number of nitrogens with zero attached hydrogens (tertiary/aromatic N) is 1. The van der Waals surface area contributed by atoms with E-state index in [2.05, 4.69) is 0 Å². The first-order valence-electron chi connectivity index (χ1n) is 5.11. The van der Waals surface area contributed by atoms with Crippen LogP contribution >= 0.6 is 0 Å². The highest BCUT2D eigenvalue weighted by molar-refractivity contribution is 6.05. The van der Waals surface area contributed by atoms with Gasteiger partial charge in [0.15, 0.2) is 0 Å². The second-order valence-electron chi connectivity index (χ2n) is 3.88. The molecule has 1 atom stereocenters. The lowest BCUT2D eigenvalue weighted by atomic mass is 9.97. The molecule has 16 heavy (non-hydrogen) atoms. The van der Waals surface area contributed by atoms with Crippen LogP contribution in [0.1, 0.15) is 23.5 Å². The molecular weight excluding hydrogens is 206 g/mol. The summed E-state index contributed by atoms with van der Waals surface area (Å²) in [6.45, 7) is 1.98. The summed E-state index contributed by atoms with van der Waals surface area (Å²) in [5, 5.41) is 0.838. The predicted molar refractivity (Wildman–Crippen MR) is 57.4 cm³/mol. The quantitative estimate of drug-likeness (QED) is 0.706. The molecule has 1 heterocycles. The van der Waals surface area contributed by atoms with Gasteiger partial charge in [0.1, 0.15) is 0 Å². The van der Waals surface area contributed by atoms with Crippen LogP contribution in [0.2, 0.25) is 0 Å². The second kappa shape index (κ2) is 4.06. The van der Waals surface area contributed by atoms with Crippen molar-refractivity contribution in [2.45, 2.75) is 19.3 Å². The minimum absolute atomic E-state index is 0.190. The molecule has 0 saturated carbocycles. The number of carbonyl (C=O) groups is 2. The Morgan fingerprint density at radius 3 is 2.38 bits per heavy atom. The Labute approximate surface area is 93.8 Å². The number of hydroxylamine groups is 2. The average Bonchev–Trinajstić information content (AvgIpc) is 2.55. The fraction of sp³-hybridized carbons (Fsp3) is 0.333. The van der Waals surface area contributed by atoms with Gasteiger partial charge in [-0.15, -0.1) is 0 Å². The molecule has 1 saturated heterocycles. The van der Waals surface area contributed by atoms with E-state index >= 15 is 0 Å². The van der Waals surface area contributed by atoms with Crippen molar-refractivity contribution >= 4 is 11.8 Å². The van der Waals surface area contributed by atoms with Crippen LogP contribution in [0, 0.1) is 6.92 Å². The van der Waals surface area contributed by atoms with Crippen molar-refractivity contribution in [2.24, 2.45) is 0 Å². The lowest BCUT2D eigenvalue weighted by Gasteiger charge is -2.11. The van der Waals surface area contributed by atoms with E-state index in [1.54, 1.807) is 0 Å². The van der Waals surface area contributed by atoms with Crippen LogP contribution in [0.4, 0.5) is 0 Å². The first-order chi connectivity index (χ1) is 7.63. The Kier molecular flexibility index (Phi) is 2.75. The van der Waals surface area contributed by atoms with Crippen LogP contribution in [-0.2, 0) is 14.4 Å². The normalized spacial score (nSPS) is 20.6. The molecule has 2 rings (SSSR count). The van der Waals surface area contributed by atoms with E-state index in [0.29, 0.717) is 0 Å². The van der Waals surface area contributed by atoms with Crippen molar-refractivity contribution in [3.63, 3.8) is 0 Å². The molecule has 1 aliphatic rings. The molecule has 1 aliphatic heterocycles. The van der Waals surface area contributed by atoms with Crippen molar-refractivity contribution < 1.29 is 14.4 Å². The Morgan fingerprint density at radius 1 is 1.25 bits per heavy atom. The van der Waals surface area contributed by atoms with Crippen LogP contribution in [0.25, 0.3) is 0 Å². The highest BCUT2D eigenvalue weighted by atomic mass is 16.7. The maximum Gasteiger partial charge on any atom is 0.261 e. The minimum atomic E-state index is -0.395. The third kappa shape index (κ3) is 1.72. The molecule has 84 valence electrons. The summed E-state index contributed by atoms with van der Waals surface area (Å²) in [6, 6.07) is 7.62. The molecule has 4 heteroatoms. The van der Waals surface area contributed by atoms with Crippen LogP contribution < -0.4 is 0 Å². The van der Waals surface area contributed by atoms with Gasteiger partial charge in [-0.25, -0.2) is 0 Å². The van der Waals surface area contributed by atoms with Crippen LogP contribution in [0.3, 0.4) is 0 Å². The summed E-state index contributed by atoms with van der Waals surface area (Å²) in [6.07, 6.45) is 0.190. The summed E-state index contributed by atoms with van der Waals surface area (Å²) < 4.78 is 0. The monoisotopic (exact) mass is 219 g/mol. The van der Waals surface area contributed by atoms with E-state index in [9.17, 15) is 9.59 Å². The minimum Gasteiger partial charge on any atom is -0.272 e. The molecular formula is C12H13NO3. The lowest BCUT2D eigenvalue weighted by molar-refractivity contribution is -0.179. The van der Waals surface area contributed by atoms with E-state index in [0.717, 1.165) is 16.2 Å². The molecule has 0 aliphatic carbocycles. The largest absolute Gasteiger partial charge is 0.272 e. The number of benzene rings is 1. The number of hydrogen-bond donors (Lipinski definition) is 0. The summed E-state index contributed by atoms with van der Waals surface area (Å²) in [5.74, 6) is -0.956. The molecule has 0 spiro atoms. The molecule has 0 radical (unpaired) electrons. The third-order valence-electron chi connectivity index (χ3n) is 2.77. The Balaban J connectivity index is 2.27. The van der Waals surface area contributed by atoms with Crippen LogP contribution in [-0.4, -0.2) is 24.0 Å². The Bertz CT molecular complexity index is 424. The number of amides is 2. The fourth-order valence-electron chi connectivity index (χ4n) is 1.86. The van der Waals surface area contributed by atoms with Gasteiger partial charge in [0.2, 0.25) is 0 Å². The molecule has 4 nitrogen and oxygen atoms in total. The summed E-state index contributed by atoms with van der Waals surface area (Å²) in [4.78, 5) is 28.0. The first kappa shape index (κ1) is 10.8. The second-order valence-corrected chi connectivity index (χ2v) is 3.88. The molecule has 1 unspecified atom stereocenters. The number of carbonyl (C=O) groups excluding carboxylic acids is 2. The zero-order valence-corrected chi connectivity index (χ0v) is 9.27. The molecule has 0 bridgehead atoms. The standard InChI is InChI=1S/C12H13NO3/c1-8-3-5-9(6-4-8)10-7-11(14)13(16-2)12(10)15/h3-6,10H,7H2,1-2H3. The zero-order chi connectivity index (χ0) is 11.7. The number of imide groups is 1. The lowest BCUT2D eigenvalue weighted by Crippen LogP contribution is -2.28. The molecule has 1 aromatic carbocycles. The molecule has 2 amide bonds. The van der Waals surface area contributed by atoms with Gasteiger partial charge in [-0.2, -0.15) is 5.06 Å².